The van der Waals surface area contributed by atoms with Crippen molar-refractivity contribution in [3.8, 4) is 0 Å². The van der Waals surface area contributed by atoms with Crippen LogP contribution in [0.1, 0.15) is 71.6 Å². The van der Waals surface area contributed by atoms with Gasteiger partial charge in [-0.3, -0.25) is 0 Å². The third-order valence-electron chi connectivity index (χ3n) is 4.18. The van der Waals surface area contributed by atoms with E-state index in [4.69, 9.17) is 4.74 Å². The molecule has 0 aliphatic heterocycles. The molecule has 0 radical (unpaired) electrons. The van der Waals surface area contributed by atoms with Gasteiger partial charge in [-0.15, -0.1) is 0 Å². The molecule has 0 aromatic carbocycles. The van der Waals surface area contributed by atoms with Crippen LogP contribution in [0.5, 0.6) is 0 Å². The molecule has 2 nitrogen and oxygen atoms in total. The molecule has 108 valence electrons. The van der Waals surface area contributed by atoms with E-state index >= 15 is 0 Å². The molecule has 1 fully saturated rings. The summed E-state index contributed by atoms with van der Waals surface area (Å²) in [6.45, 7) is 7.43. The monoisotopic (exact) mass is 255 g/mol. The van der Waals surface area contributed by atoms with E-state index in [0.29, 0.717) is 0 Å². The van der Waals surface area contributed by atoms with Gasteiger partial charge in [0.2, 0.25) is 0 Å². The number of ether oxygens (including phenoxy) is 1. The Labute approximate surface area is 114 Å². The zero-order valence-corrected chi connectivity index (χ0v) is 12.5. The average Bonchev–Trinajstić information content (AvgIpc) is 2.43. The van der Waals surface area contributed by atoms with Gasteiger partial charge in [-0.25, -0.2) is 0 Å². The molecule has 0 aromatic heterocycles. The van der Waals surface area contributed by atoms with Crippen LogP contribution < -0.4 is 5.32 Å². The second-order valence-corrected chi connectivity index (χ2v) is 5.78. The molecule has 0 spiro atoms. The highest BCUT2D eigenvalue weighted by atomic mass is 16.5. The quantitative estimate of drug-likeness (QED) is 0.592. The topological polar surface area (TPSA) is 21.3 Å². The van der Waals surface area contributed by atoms with Gasteiger partial charge in [0.25, 0.3) is 0 Å². The number of hydrogen-bond acceptors (Lipinski definition) is 2. The Morgan fingerprint density at radius 3 is 2.61 bits per heavy atom. The normalized spacial score (nSPS) is 19.0. The first kappa shape index (κ1) is 16.0. The van der Waals surface area contributed by atoms with Crippen LogP contribution in [0.4, 0.5) is 0 Å². The maximum Gasteiger partial charge on any atom is 0.0591 e. The summed E-state index contributed by atoms with van der Waals surface area (Å²) in [4.78, 5) is 0. The number of nitrogens with one attached hydrogen (secondary N) is 1. The second kappa shape index (κ2) is 10.8. The van der Waals surface area contributed by atoms with Crippen LogP contribution in [0.15, 0.2) is 0 Å². The third-order valence-corrected chi connectivity index (χ3v) is 4.18. The molecule has 1 N–H and O–H groups in total. The lowest BCUT2D eigenvalue weighted by molar-refractivity contribution is 0.0933. The Morgan fingerprint density at radius 2 is 1.94 bits per heavy atom. The van der Waals surface area contributed by atoms with Crippen molar-refractivity contribution in [1.82, 2.24) is 5.32 Å². The number of unbranched alkanes of at least 4 members (excludes halogenated alkanes) is 1. The van der Waals surface area contributed by atoms with Crippen LogP contribution in [-0.4, -0.2) is 25.8 Å². The van der Waals surface area contributed by atoms with Crippen LogP contribution in [0.2, 0.25) is 0 Å². The highest BCUT2D eigenvalue weighted by molar-refractivity contribution is 4.71. The van der Waals surface area contributed by atoms with E-state index in [9.17, 15) is 0 Å². The first-order valence-electron chi connectivity index (χ1n) is 8.18. The Bertz CT molecular complexity index is 178. The fourth-order valence-electron chi connectivity index (χ4n) is 2.79. The predicted octanol–water partition coefficient (Wildman–Crippen LogP) is 4.14. The van der Waals surface area contributed by atoms with Gasteiger partial charge in [-0.05, 0) is 25.2 Å². The summed E-state index contributed by atoms with van der Waals surface area (Å²) < 4.78 is 5.81. The van der Waals surface area contributed by atoms with Gasteiger partial charge in [0.1, 0.15) is 0 Å². The van der Waals surface area contributed by atoms with Gasteiger partial charge < -0.3 is 10.1 Å². The minimum Gasteiger partial charge on any atom is -0.380 e. The third kappa shape index (κ3) is 7.38. The predicted molar refractivity (Wildman–Crippen MR) is 79.0 cm³/mol. The molecule has 1 aliphatic carbocycles. The maximum absolute atomic E-state index is 5.81. The molecule has 0 aromatic rings. The second-order valence-electron chi connectivity index (χ2n) is 5.78. The van der Waals surface area contributed by atoms with E-state index in [1.54, 1.807) is 0 Å². The van der Waals surface area contributed by atoms with Gasteiger partial charge in [0, 0.05) is 19.2 Å². The fraction of sp³-hybridized carbons (Fsp3) is 1.00. The summed E-state index contributed by atoms with van der Waals surface area (Å²) in [6, 6.07) is 0.768. The summed E-state index contributed by atoms with van der Waals surface area (Å²) in [5, 5.41) is 3.63. The average molecular weight is 255 g/mol. The van der Waals surface area contributed by atoms with Crippen LogP contribution in [0, 0.1) is 5.92 Å². The van der Waals surface area contributed by atoms with Crippen LogP contribution in [0.25, 0.3) is 0 Å². The summed E-state index contributed by atoms with van der Waals surface area (Å²) >= 11 is 0. The summed E-state index contributed by atoms with van der Waals surface area (Å²) in [5.41, 5.74) is 0. The van der Waals surface area contributed by atoms with Crippen molar-refractivity contribution in [2.45, 2.75) is 77.7 Å². The SMILES string of the molecule is CCCCC(CC)COCCNC1CCCCC1. The van der Waals surface area contributed by atoms with Crippen molar-refractivity contribution >= 4 is 0 Å². The van der Waals surface area contributed by atoms with E-state index in [2.05, 4.69) is 19.2 Å². The lowest BCUT2D eigenvalue weighted by Crippen LogP contribution is -2.33. The molecular formula is C16H33NO. The van der Waals surface area contributed by atoms with Gasteiger partial charge in [-0.2, -0.15) is 0 Å². The lowest BCUT2D eigenvalue weighted by atomic mass is 9.96. The maximum atomic E-state index is 5.81. The number of rotatable bonds is 10. The molecule has 2 heteroatoms. The first-order chi connectivity index (χ1) is 8.86. The highest BCUT2D eigenvalue weighted by Gasteiger charge is 2.12. The van der Waals surface area contributed by atoms with Crippen molar-refractivity contribution in [3.05, 3.63) is 0 Å². The fourth-order valence-corrected chi connectivity index (χ4v) is 2.79. The Balaban J connectivity index is 1.93. The zero-order valence-electron chi connectivity index (χ0n) is 12.5. The van der Waals surface area contributed by atoms with Crippen molar-refractivity contribution in [2.75, 3.05) is 19.8 Å². The largest absolute Gasteiger partial charge is 0.380 e. The smallest absolute Gasteiger partial charge is 0.0591 e. The van der Waals surface area contributed by atoms with E-state index in [1.807, 2.05) is 0 Å². The molecule has 1 aliphatic rings. The number of hydrogen-bond donors (Lipinski definition) is 1. The first-order valence-corrected chi connectivity index (χ1v) is 8.18. The molecule has 1 saturated carbocycles. The van der Waals surface area contributed by atoms with E-state index in [1.165, 1.54) is 57.8 Å². The van der Waals surface area contributed by atoms with Crippen LogP contribution in [0.3, 0.4) is 0 Å². The van der Waals surface area contributed by atoms with Crippen LogP contribution in [-0.2, 0) is 4.74 Å². The molecule has 1 rings (SSSR count). The summed E-state index contributed by atoms with van der Waals surface area (Å²) in [7, 11) is 0. The van der Waals surface area contributed by atoms with Crippen molar-refractivity contribution in [2.24, 2.45) is 5.92 Å². The van der Waals surface area contributed by atoms with Crippen molar-refractivity contribution in [3.63, 3.8) is 0 Å². The molecule has 0 amide bonds. The molecule has 1 unspecified atom stereocenters. The standard InChI is InChI=1S/C16H33NO/c1-3-5-9-15(4-2)14-18-13-12-17-16-10-7-6-8-11-16/h15-17H,3-14H2,1-2H3. The van der Waals surface area contributed by atoms with Gasteiger partial charge >= 0.3 is 0 Å². The molecule has 0 saturated heterocycles. The minimum absolute atomic E-state index is 0.768. The summed E-state index contributed by atoms with van der Waals surface area (Å²) in [6.07, 6.45) is 12.2. The van der Waals surface area contributed by atoms with E-state index in [0.717, 1.165) is 31.7 Å². The summed E-state index contributed by atoms with van der Waals surface area (Å²) in [5.74, 6) is 0.777. The molecular weight excluding hydrogens is 222 g/mol. The van der Waals surface area contributed by atoms with E-state index in [-0.39, 0.29) is 0 Å². The van der Waals surface area contributed by atoms with Gasteiger partial charge in [0.05, 0.1) is 6.61 Å². The Hall–Kier alpha value is -0.0800. The van der Waals surface area contributed by atoms with Crippen LogP contribution >= 0.6 is 0 Å². The molecule has 1 atom stereocenters. The zero-order chi connectivity index (χ0) is 13.1. The van der Waals surface area contributed by atoms with Crippen molar-refractivity contribution in [1.29, 1.82) is 0 Å². The van der Waals surface area contributed by atoms with Gasteiger partial charge in [-0.1, -0.05) is 52.4 Å². The van der Waals surface area contributed by atoms with E-state index < -0.39 is 0 Å². The Kier molecular flexibility index (Phi) is 9.59. The molecule has 0 bridgehead atoms. The minimum atomic E-state index is 0.768. The van der Waals surface area contributed by atoms with Crippen molar-refractivity contribution < 1.29 is 4.74 Å². The Morgan fingerprint density at radius 1 is 1.17 bits per heavy atom. The molecule has 0 heterocycles. The molecule has 18 heavy (non-hydrogen) atoms. The lowest BCUT2D eigenvalue weighted by Gasteiger charge is -2.23. The van der Waals surface area contributed by atoms with Gasteiger partial charge in [0.15, 0.2) is 0 Å². The highest BCUT2D eigenvalue weighted by Crippen LogP contribution is 2.17.